The van der Waals surface area contributed by atoms with E-state index in [0.29, 0.717) is 12.3 Å². The van der Waals surface area contributed by atoms with Crippen molar-refractivity contribution in [2.75, 3.05) is 19.8 Å². The predicted octanol–water partition coefficient (Wildman–Crippen LogP) is 3.76. The first-order valence-electron chi connectivity index (χ1n) is 11.4. The van der Waals surface area contributed by atoms with Crippen molar-refractivity contribution >= 4 is 23.8 Å². The molecule has 0 bridgehead atoms. The maximum absolute atomic E-state index is 12.9. The van der Waals surface area contributed by atoms with E-state index in [1.54, 1.807) is 27.7 Å². The van der Waals surface area contributed by atoms with Gasteiger partial charge in [0.1, 0.15) is 5.54 Å². The van der Waals surface area contributed by atoms with Crippen molar-refractivity contribution < 1.29 is 36.2 Å². The quantitative estimate of drug-likeness (QED) is 0.401. The SMILES string of the molecule is CC.CCOC(=O)[C@H]1CC(NC(=O)[C@@H](C)CC(C)C)(C(=O)OCC)C[C@H]1C(=O)OCC.[HH].[HH]. The second-order valence-electron chi connectivity index (χ2n) is 7.95. The van der Waals surface area contributed by atoms with Crippen LogP contribution in [0.2, 0.25) is 0 Å². The van der Waals surface area contributed by atoms with Gasteiger partial charge < -0.3 is 19.5 Å². The third kappa shape index (κ3) is 8.15. The van der Waals surface area contributed by atoms with Gasteiger partial charge in [-0.05, 0) is 46.0 Å². The molecule has 1 saturated carbocycles. The summed E-state index contributed by atoms with van der Waals surface area (Å²) in [6.45, 7) is 15.2. The molecule has 0 saturated heterocycles. The van der Waals surface area contributed by atoms with Crippen molar-refractivity contribution in [3.63, 3.8) is 0 Å². The van der Waals surface area contributed by atoms with Crippen LogP contribution >= 0.6 is 0 Å². The summed E-state index contributed by atoms with van der Waals surface area (Å²) >= 11 is 0. The zero-order valence-electron chi connectivity index (χ0n) is 20.4. The Kier molecular flexibility index (Phi) is 13.1. The molecule has 4 atom stereocenters. The van der Waals surface area contributed by atoms with E-state index >= 15 is 0 Å². The average molecular weight is 448 g/mol. The summed E-state index contributed by atoms with van der Waals surface area (Å²) in [6.07, 6.45) is 0.524. The number of hydrogen-bond acceptors (Lipinski definition) is 7. The second kappa shape index (κ2) is 14.0. The van der Waals surface area contributed by atoms with Gasteiger partial charge in [0, 0.05) is 8.77 Å². The summed E-state index contributed by atoms with van der Waals surface area (Å²) in [5.41, 5.74) is -1.47. The Bertz CT molecular complexity index is 588. The molecule has 31 heavy (non-hydrogen) atoms. The Balaban J connectivity index is -0.00000218. The first-order chi connectivity index (χ1) is 14.6. The lowest BCUT2D eigenvalue weighted by Crippen LogP contribution is -2.55. The maximum Gasteiger partial charge on any atom is 0.331 e. The van der Waals surface area contributed by atoms with E-state index in [0.717, 1.165) is 0 Å². The molecule has 184 valence electrons. The van der Waals surface area contributed by atoms with E-state index in [1.165, 1.54) is 0 Å². The van der Waals surface area contributed by atoms with Gasteiger partial charge in [-0.2, -0.15) is 0 Å². The molecular weight excluding hydrogens is 402 g/mol. The van der Waals surface area contributed by atoms with E-state index in [2.05, 4.69) is 5.32 Å². The summed E-state index contributed by atoms with van der Waals surface area (Å²) in [4.78, 5) is 50.7. The van der Waals surface area contributed by atoms with Crippen LogP contribution in [0.15, 0.2) is 0 Å². The molecule has 0 aliphatic heterocycles. The first kappa shape index (κ1) is 28.9. The van der Waals surface area contributed by atoms with Gasteiger partial charge in [0.15, 0.2) is 0 Å². The maximum atomic E-state index is 12.9. The molecule has 8 heteroatoms. The van der Waals surface area contributed by atoms with Crippen molar-refractivity contribution in [3.8, 4) is 0 Å². The Hall–Kier alpha value is -2.12. The number of rotatable bonds is 10. The molecule has 1 fully saturated rings. The highest BCUT2D eigenvalue weighted by atomic mass is 16.5. The summed E-state index contributed by atoms with van der Waals surface area (Å²) < 4.78 is 15.4. The van der Waals surface area contributed by atoms with Crippen molar-refractivity contribution in [1.82, 2.24) is 5.32 Å². The van der Waals surface area contributed by atoms with Crippen LogP contribution in [0.25, 0.3) is 0 Å². The van der Waals surface area contributed by atoms with Crippen LogP contribution in [0.4, 0.5) is 0 Å². The van der Waals surface area contributed by atoms with Gasteiger partial charge >= 0.3 is 17.9 Å². The molecule has 0 aromatic carbocycles. The molecule has 1 N–H and O–H groups in total. The minimum Gasteiger partial charge on any atom is -0.466 e. The Morgan fingerprint density at radius 2 is 1.29 bits per heavy atom. The largest absolute Gasteiger partial charge is 0.466 e. The third-order valence-corrected chi connectivity index (χ3v) is 5.10. The average Bonchev–Trinajstić information content (AvgIpc) is 3.10. The Labute approximate surface area is 189 Å². The van der Waals surface area contributed by atoms with Crippen LogP contribution in [0, 0.1) is 23.7 Å². The first-order valence-corrected chi connectivity index (χ1v) is 11.4. The fourth-order valence-electron chi connectivity index (χ4n) is 3.87. The number of nitrogens with one attached hydrogen (secondary N) is 1. The molecule has 1 aliphatic rings. The fourth-order valence-corrected chi connectivity index (χ4v) is 3.87. The van der Waals surface area contributed by atoms with Crippen molar-refractivity contribution in [3.05, 3.63) is 0 Å². The summed E-state index contributed by atoms with van der Waals surface area (Å²) in [7, 11) is 0. The molecule has 0 aromatic rings. The molecule has 0 aromatic heterocycles. The van der Waals surface area contributed by atoms with E-state index in [9.17, 15) is 19.2 Å². The predicted molar refractivity (Wildman–Crippen MR) is 121 cm³/mol. The molecular formula is C23H45NO7. The van der Waals surface area contributed by atoms with Crippen LogP contribution in [0.5, 0.6) is 0 Å². The molecule has 8 nitrogen and oxygen atoms in total. The highest BCUT2D eigenvalue weighted by Gasteiger charge is 2.57. The molecule has 1 aliphatic carbocycles. The van der Waals surface area contributed by atoms with Crippen molar-refractivity contribution in [2.45, 2.75) is 80.2 Å². The molecule has 1 unspecified atom stereocenters. The van der Waals surface area contributed by atoms with Crippen LogP contribution in [0.1, 0.15) is 77.5 Å². The standard InChI is InChI=1S/C21H35NO7.C2H6.2H2/c1-7-27-18(24)15-11-21(20(26)29-9-3,12-16(15)19(25)28-8-2)22-17(23)14(6)10-13(4)5;1-2;;/h13-16H,7-12H2,1-6H3,(H,22,23);1-2H3;2*1H/t14-,15-,16+,21?;;;/m0.../s1. The van der Waals surface area contributed by atoms with Crippen molar-refractivity contribution in [2.24, 2.45) is 23.7 Å². The van der Waals surface area contributed by atoms with Gasteiger partial charge in [-0.25, -0.2) is 4.79 Å². The van der Waals surface area contributed by atoms with Crippen molar-refractivity contribution in [1.29, 1.82) is 0 Å². The Morgan fingerprint density at radius 3 is 1.65 bits per heavy atom. The molecule has 1 rings (SSSR count). The van der Waals surface area contributed by atoms with Crippen LogP contribution in [0.3, 0.4) is 0 Å². The molecule has 0 radical (unpaired) electrons. The van der Waals surface area contributed by atoms with Crippen LogP contribution in [-0.2, 0) is 33.4 Å². The van der Waals surface area contributed by atoms with Crippen LogP contribution in [-0.4, -0.2) is 49.2 Å². The highest BCUT2D eigenvalue weighted by Crippen LogP contribution is 2.42. The van der Waals surface area contributed by atoms with Gasteiger partial charge in [0.25, 0.3) is 0 Å². The summed E-state index contributed by atoms with van der Waals surface area (Å²) in [5.74, 6) is -3.92. The van der Waals surface area contributed by atoms with Gasteiger partial charge in [-0.15, -0.1) is 0 Å². The van der Waals surface area contributed by atoms with Gasteiger partial charge in [-0.1, -0.05) is 34.6 Å². The second-order valence-corrected chi connectivity index (χ2v) is 7.95. The Morgan fingerprint density at radius 1 is 0.871 bits per heavy atom. The number of hydrogen-bond donors (Lipinski definition) is 1. The molecule has 0 heterocycles. The fraction of sp³-hybridized carbons (Fsp3) is 0.826. The smallest absolute Gasteiger partial charge is 0.331 e. The monoisotopic (exact) mass is 447 g/mol. The summed E-state index contributed by atoms with van der Waals surface area (Å²) in [5, 5.41) is 2.81. The topological polar surface area (TPSA) is 108 Å². The number of ether oxygens (including phenoxy) is 3. The molecule has 1 amide bonds. The lowest BCUT2D eigenvalue weighted by Gasteiger charge is -2.30. The van der Waals surface area contributed by atoms with Gasteiger partial charge in [0.05, 0.1) is 31.7 Å². The van der Waals surface area contributed by atoms with E-state index in [1.807, 2.05) is 27.7 Å². The minimum atomic E-state index is -1.47. The zero-order chi connectivity index (χ0) is 24.2. The van der Waals surface area contributed by atoms with Gasteiger partial charge in [0.2, 0.25) is 5.91 Å². The molecule has 0 spiro atoms. The third-order valence-electron chi connectivity index (χ3n) is 5.10. The zero-order valence-corrected chi connectivity index (χ0v) is 20.4. The van der Waals surface area contributed by atoms with E-state index < -0.39 is 35.3 Å². The minimum absolute atomic E-state index is 0. The van der Waals surface area contributed by atoms with E-state index in [4.69, 9.17) is 14.2 Å². The lowest BCUT2D eigenvalue weighted by molar-refractivity contribution is -0.158. The normalized spacial score (nSPS) is 23.3. The summed E-state index contributed by atoms with van der Waals surface area (Å²) in [6, 6.07) is 0. The number of carbonyl (C=O) groups excluding carboxylic acids is 4. The highest BCUT2D eigenvalue weighted by molar-refractivity contribution is 5.93. The number of carbonyl (C=O) groups is 4. The number of amides is 1. The van der Waals surface area contributed by atoms with Crippen LogP contribution < -0.4 is 5.32 Å². The lowest BCUT2D eigenvalue weighted by atomic mass is 9.92. The van der Waals surface area contributed by atoms with Gasteiger partial charge in [-0.3, -0.25) is 14.4 Å². The van der Waals surface area contributed by atoms with E-state index in [-0.39, 0.29) is 47.3 Å². The number of esters is 3.